The van der Waals surface area contributed by atoms with Crippen LogP contribution in [0.1, 0.15) is 28.8 Å². The molecule has 2 aromatic rings. The van der Waals surface area contributed by atoms with Crippen LogP contribution in [0.4, 0.5) is 4.39 Å². The molecule has 4 rings (SSSR count). The second kappa shape index (κ2) is 14.9. The van der Waals surface area contributed by atoms with Crippen molar-refractivity contribution in [3.05, 3.63) is 68.6 Å². The fourth-order valence-electron chi connectivity index (χ4n) is 5.18. The van der Waals surface area contributed by atoms with Gasteiger partial charge in [-0.25, -0.2) is 4.39 Å². The Bertz CT molecular complexity index is 1320. The Morgan fingerprint density at radius 3 is 2.76 bits per heavy atom. The highest BCUT2D eigenvalue weighted by molar-refractivity contribution is 14.1. The number of methoxy groups -OCH3 is 1. The van der Waals surface area contributed by atoms with Gasteiger partial charge in [-0.1, -0.05) is 12.1 Å². The van der Waals surface area contributed by atoms with Crippen molar-refractivity contribution in [2.75, 3.05) is 40.0 Å². The molecule has 4 atom stereocenters. The van der Waals surface area contributed by atoms with E-state index in [9.17, 15) is 29.0 Å². The summed E-state index contributed by atoms with van der Waals surface area (Å²) in [7, 11) is 1.42. The van der Waals surface area contributed by atoms with Gasteiger partial charge in [0.25, 0.3) is 0 Å². The van der Waals surface area contributed by atoms with E-state index in [-0.39, 0.29) is 55.7 Å². The second-order valence-electron chi connectivity index (χ2n) is 10.1. The molecule has 4 unspecified atom stereocenters. The molecule has 0 spiro atoms. The van der Waals surface area contributed by atoms with Crippen LogP contribution in [0.25, 0.3) is 0 Å². The van der Waals surface area contributed by atoms with Crippen LogP contribution < -0.4 is 14.8 Å². The summed E-state index contributed by atoms with van der Waals surface area (Å²) in [5.74, 6) is -0.976. The number of halogens is 2. The highest BCUT2D eigenvalue weighted by atomic mass is 127. The molecule has 0 aromatic heterocycles. The summed E-state index contributed by atoms with van der Waals surface area (Å²) in [6.07, 6.45) is 0.718. The minimum atomic E-state index is -1.26. The van der Waals surface area contributed by atoms with E-state index in [0.29, 0.717) is 40.4 Å². The van der Waals surface area contributed by atoms with Crippen LogP contribution in [-0.2, 0) is 20.7 Å². The van der Waals surface area contributed by atoms with Gasteiger partial charge in [-0.2, -0.15) is 0 Å². The summed E-state index contributed by atoms with van der Waals surface area (Å²) >= 11 is 1.99. The number of carbonyl (C=O) groups excluding carboxylic acids is 3. The van der Waals surface area contributed by atoms with Crippen molar-refractivity contribution in [2.45, 2.75) is 37.5 Å². The van der Waals surface area contributed by atoms with Gasteiger partial charge >= 0.3 is 0 Å². The van der Waals surface area contributed by atoms with Crippen molar-refractivity contribution in [3.8, 4) is 11.5 Å². The molecule has 226 valence electrons. The standard InChI is InChI=1S/C30H34FIN2O8/c1-40-26-13-19(16-36)12-23(32)28(26)42-25-15-21(29(38)33-7-9-35)14-24(27(25)37)34(30(39)20-6-10-41-17-20)8-5-18-3-2-4-22(31)11-18/h2-4,11-13,15-16,20,24-25,27,35,37H,5-10,14,17H2,1H3,(H,33,38). The molecule has 1 saturated heterocycles. The number of aldehydes is 1. The van der Waals surface area contributed by atoms with Crippen LogP contribution in [0.3, 0.4) is 0 Å². The monoisotopic (exact) mass is 696 g/mol. The average molecular weight is 697 g/mol. The molecule has 0 radical (unpaired) electrons. The van der Waals surface area contributed by atoms with E-state index in [1.54, 1.807) is 23.1 Å². The summed E-state index contributed by atoms with van der Waals surface area (Å²) in [4.78, 5) is 39.8. The summed E-state index contributed by atoms with van der Waals surface area (Å²) in [6, 6.07) is 8.34. The first-order chi connectivity index (χ1) is 20.2. The smallest absolute Gasteiger partial charge is 0.247 e. The van der Waals surface area contributed by atoms with Crippen LogP contribution >= 0.6 is 22.6 Å². The zero-order valence-electron chi connectivity index (χ0n) is 23.1. The molecule has 42 heavy (non-hydrogen) atoms. The lowest BCUT2D eigenvalue weighted by atomic mass is 9.87. The molecule has 10 nitrogen and oxygen atoms in total. The largest absolute Gasteiger partial charge is 0.493 e. The van der Waals surface area contributed by atoms with E-state index in [1.165, 1.54) is 31.4 Å². The van der Waals surface area contributed by atoms with Gasteiger partial charge in [0.2, 0.25) is 11.8 Å². The maximum absolute atomic E-state index is 13.9. The SMILES string of the molecule is COc1cc(C=O)cc(I)c1OC1C=C(C(=O)NCCO)CC(N(CCc2cccc(F)c2)C(=O)C2CCOC2)C1O. The number of ether oxygens (including phenoxy) is 3. The Morgan fingerprint density at radius 1 is 1.29 bits per heavy atom. The number of hydrogen-bond acceptors (Lipinski definition) is 8. The normalized spacial score (nSPS) is 21.8. The zero-order valence-corrected chi connectivity index (χ0v) is 25.3. The molecule has 0 bridgehead atoms. The summed E-state index contributed by atoms with van der Waals surface area (Å²) in [6.45, 7) is 0.611. The third-order valence-electron chi connectivity index (χ3n) is 7.35. The Kier molecular flexibility index (Phi) is 11.3. The van der Waals surface area contributed by atoms with Gasteiger partial charge in [-0.15, -0.1) is 0 Å². The van der Waals surface area contributed by atoms with Crippen molar-refractivity contribution < 1.29 is 43.2 Å². The minimum Gasteiger partial charge on any atom is -0.493 e. The summed E-state index contributed by atoms with van der Waals surface area (Å²) in [5, 5.41) is 23.6. The van der Waals surface area contributed by atoms with Crippen LogP contribution in [0.15, 0.2) is 48.0 Å². The van der Waals surface area contributed by atoms with Gasteiger partial charge < -0.3 is 34.6 Å². The predicted molar refractivity (Wildman–Crippen MR) is 159 cm³/mol. The third kappa shape index (κ3) is 7.65. The van der Waals surface area contributed by atoms with E-state index in [2.05, 4.69) is 5.32 Å². The van der Waals surface area contributed by atoms with Crippen LogP contribution in [0, 0.1) is 15.3 Å². The Hall–Kier alpha value is -3.07. The number of benzene rings is 2. The lowest BCUT2D eigenvalue weighted by Crippen LogP contribution is -2.56. The number of amides is 2. The topological polar surface area (TPSA) is 135 Å². The van der Waals surface area contributed by atoms with Crippen LogP contribution in [0.5, 0.6) is 11.5 Å². The van der Waals surface area contributed by atoms with Gasteiger partial charge in [-0.3, -0.25) is 14.4 Å². The molecule has 1 aliphatic carbocycles. The molecule has 1 fully saturated rings. The van der Waals surface area contributed by atoms with Crippen molar-refractivity contribution >= 4 is 40.7 Å². The molecule has 2 aromatic carbocycles. The molecule has 2 amide bonds. The predicted octanol–water partition coefficient (Wildman–Crippen LogP) is 2.27. The lowest BCUT2D eigenvalue weighted by Gasteiger charge is -2.41. The van der Waals surface area contributed by atoms with E-state index in [1.807, 2.05) is 22.6 Å². The number of carbonyl (C=O) groups is 3. The number of nitrogens with one attached hydrogen (secondary N) is 1. The third-order valence-corrected chi connectivity index (χ3v) is 8.15. The molecular weight excluding hydrogens is 662 g/mol. The van der Waals surface area contributed by atoms with Gasteiger partial charge in [-0.05, 0) is 71.3 Å². The van der Waals surface area contributed by atoms with Crippen molar-refractivity contribution in [1.29, 1.82) is 0 Å². The molecule has 3 N–H and O–H groups in total. The van der Waals surface area contributed by atoms with Crippen LogP contribution in [-0.4, -0.2) is 91.5 Å². The van der Waals surface area contributed by atoms with E-state index < -0.39 is 35.9 Å². The second-order valence-corrected chi connectivity index (χ2v) is 11.3. The average Bonchev–Trinajstić information content (AvgIpc) is 3.53. The molecule has 2 aliphatic rings. The zero-order chi connectivity index (χ0) is 30.2. The quantitative estimate of drug-likeness (QED) is 0.228. The summed E-state index contributed by atoms with van der Waals surface area (Å²) in [5.41, 5.74) is 1.33. The first-order valence-electron chi connectivity index (χ1n) is 13.7. The van der Waals surface area contributed by atoms with E-state index in [0.717, 1.165) is 0 Å². The highest BCUT2D eigenvalue weighted by Crippen LogP contribution is 2.37. The molecular formula is C30H34FIN2O8. The van der Waals surface area contributed by atoms with Crippen LogP contribution in [0.2, 0.25) is 0 Å². The molecule has 12 heteroatoms. The molecule has 0 saturated carbocycles. The number of aliphatic hydroxyl groups is 2. The molecule has 1 heterocycles. The van der Waals surface area contributed by atoms with E-state index >= 15 is 0 Å². The maximum Gasteiger partial charge on any atom is 0.247 e. The van der Waals surface area contributed by atoms with Gasteiger partial charge in [0.1, 0.15) is 24.3 Å². The Morgan fingerprint density at radius 2 is 2.10 bits per heavy atom. The van der Waals surface area contributed by atoms with Gasteiger partial charge in [0.05, 0.1) is 35.9 Å². The fourth-order valence-corrected chi connectivity index (χ4v) is 5.94. The summed E-state index contributed by atoms with van der Waals surface area (Å²) < 4.78 is 31.6. The number of rotatable bonds is 12. The first-order valence-corrected chi connectivity index (χ1v) is 14.7. The Balaban J connectivity index is 1.70. The maximum atomic E-state index is 13.9. The number of nitrogens with zero attached hydrogens (tertiary/aromatic N) is 1. The van der Waals surface area contributed by atoms with Gasteiger partial charge in [0.15, 0.2) is 11.5 Å². The van der Waals surface area contributed by atoms with E-state index in [4.69, 9.17) is 14.2 Å². The van der Waals surface area contributed by atoms with Crippen molar-refractivity contribution in [1.82, 2.24) is 10.2 Å². The lowest BCUT2D eigenvalue weighted by molar-refractivity contribution is -0.142. The number of hydrogen-bond donors (Lipinski definition) is 3. The number of aliphatic hydroxyl groups excluding tert-OH is 2. The van der Waals surface area contributed by atoms with Crippen molar-refractivity contribution in [2.24, 2.45) is 5.92 Å². The Labute approximate surface area is 257 Å². The fraction of sp³-hybridized carbons (Fsp3) is 0.433. The van der Waals surface area contributed by atoms with Gasteiger partial charge in [0, 0.05) is 37.3 Å². The minimum absolute atomic E-state index is 0.0232. The first kappa shape index (κ1) is 31.9. The molecule has 1 aliphatic heterocycles. The van der Waals surface area contributed by atoms with Crippen molar-refractivity contribution in [3.63, 3.8) is 0 Å². The highest BCUT2D eigenvalue weighted by Gasteiger charge is 2.42.